The number of hydrogen-bond acceptors (Lipinski definition) is 2. The Bertz CT molecular complexity index is 506. The van der Waals surface area contributed by atoms with E-state index in [0.29, 0.717) is 5.54 Å². The first-order valence-corrected chi connectivity index (χ1v) is 9.94. The average molecular weight is 256 g/mol. The van der Waals surface area contributed by atoms with E-state index in [1.54, 1.807) is 0 Å². The lowest BCUT2D eigenvalue weighted by Crippen LogP contribution is -2.36. The summed E-state index contributed by atoms with van der Waals surface area (Å²) in [6.45, 7) is 7.13. The molecule has 1 aromatic rings. The highest BCUT2D eigenvalue weighted by Gasteiger charge is 2.43. The van der Waals surface area contributed by atoms with Crippen LogP contribution in [0.25, 0.3) is 0 Å². The normalized spacial score (nSPS) is 21.4. The third kappa shape index (κ3) is 1.90. The summed E-state index contributed by atoms with van der Waals surface area (Å²) in [5.41, 5.74) is 1.78. The highest BCUT2D eigenvalue weighted by molar-refractivity contribution is 6.81. The molecule has 0 fully saturated rings. The van der Waals surface area contributed by atoms with E-state index in [1.165, 1.54) is 5.47 Å². The second-order valence-corrected chi connectivity index (χ2v) is 11.3. The summed E-state index contributed by atoms with van der Waals surface area (Å²) in [4.78, 5) is 0. The Morgan fingerprint density at radius 1 is 1.06 bits per heavy atom. The second kappa shape index (κ2) is 4.06. The van der Waals surface area contributed by atoms with Crippen LogP contribution in [0.4, 0.5) is 0 Å². The van der Waals surface area contributed by atoms with Gasteiger partial charge >= 0.3 is 7.12 Å². The molecular weight excluding hydrogens is 239 g/mol. The van der Waals surface area contributed by atoms with Crippen LogP contribution in [-0.4, -0.2) is 15.2 Å². The minimum atomic E-state index is -1.27. The van der Waals surface area contributed by atoms with E-state index in [-0.39, 0.29) is 7.12 Å². The number of hydrogen-bond donors (Lipinski definition) is 0. The molecule has 1 aliphatic carbocycles. The summed E-state index contributed by atoms with van der Waals surface area (Å²) in [7, 11) is -1.51. The van der Waals surface area contributed by atoms with Gasteiger partial charge in [-0.15, -0.1) is 0 Å². The molecule has 0 radical (unpaired) electrons. The van der Waals surface area contributed by atoms with Gasteiger partial charge in [0.05, 0.1) is 8.07 Å². The van der Waals surface area contributed by atoms with Crippen LogP contribution >= 0.6 is 0 Å². The fourth-order valence-electron chi connectivity index (χ4n) is 2.54. The predicted molar refractivity (Wildman–Crippen MR) is 77.8 cm³/mol. The van der Waals surface area contributed by atoms with Gasteiger partial charge in [-0.1, -0.05) is 50.0 Å². The monoisotopic (exact) mass is 256 g/mol. The van der Waals surface area contributed by atoms with Crippen molar-refractivity contribution in [3.05, 3.63) is 48.0 Å². The summed E-state index contributed by atoms with van der Waals surface area (Å²) in [5.74, 6) is 1.70. The van der Waals surface area contributed by atoms with E-state index in [9.17, 15) is 0 Å². The third-order valence-corrected chi connectivity index (χ3v) is 5.87. The van der Waals surface area contributed by atoms with Crippen LogP contribution in [0, 0.1) is 0 Å². The number of para-hydroxylation sites is 2. The second-order valence-electron chi connectivity index (χ2n) is 5.91. The van der Waals surface area contributed by atoms with Gasteiger partial charge in [0.25, 0.3) is 0 Å². The molecule has 0 amide bonds. The highest BCUT2D eigenvalue weighted by Crippen LogP contribution is 2.41. The first-order chi connectivity index (χ1) is 8.55. The Morgan fingerprint density at radius 2 is 1.67 bits per heavy atom. The highest BCUT2D eigenvalue weighted by atomic mass is 28.3. The molecule has 2 nitrogen and oxygen atoms in total. The predicted octanol–water partition coefficient (Wildman–Crippen LogP) is 3.69. The molecule has 0 spiro atoms. The van der Waals surface area contributed by atoms with Gasteiger partial charge in [0.1, 0.15) is 11.5 Å². The summed E-state index contributed by atoms with van der Waals surface area (Å²) in [6.07, 6.45) is 6.57. The topological polar surface area (TPSA) is 18.5 Å². The van der Waals surface area contributed by atoms with E-state index in [1.807, 2.05) is 24.3 Å². The zero-order valence-electron chi connectivity index (χ0n) is 11.0. The van der Waals surface area contributed by atoms with Gasteiger partial charge in [-0.25, -0.2) is 0 Å². The minimum absolute atomic E-state index is 0.242. The van der Waals surface area contributed by atoms with Crippen molar-refractivity contribution in [2.45, 2.75) is 25.2 Å². The standard InChI is InChI=1S/C14H17BO2Si/c1-18(2,3)14-10-6-7-11(14)15-16-12-8-4-5-9-13(12)17-15/h4-10,14H,1-3H3. The van der Waals surface area contributed by atoms with E-state index in [2.05, 4.69) is 37.9 Å². The molecule has 92 valence electrons. The Labute approximate surface area is 109 Å². The van der Waals surface area contributed by atoms with Crippen LogP contribution in [-0.2, 0) is 0 Å². The lowest BCUT2D eigenvalue weighted by Gasteiger charge is -2.26. The Hall–Kier alpha value is -1.42. The maximum absolute atomic E-state index is 5.91. The fraction of sp³-hybridized carbons (Fsp3) is 0.286. The Kier molecular flexibility index (Phi) is 2.63. The molecule has 1 aliphatic heterocycles. The molecule has 3 rings (SSSR count). The van der Waals surface area contributed by atoms with Crippen molar-refractivity contribution in [1.29, 1.82) is 0 Å². The quantitative estimate of drug-likeness (QED) is 0.751. The maximum atomic E-state index is 5.91. The van der Waals surface area contributed by atoms with Gasteiger partial charge < -0.3 is 9.31 Å². The van der Waals surface area contributed by atoms with Crippen LogP contribution < -0.4 is 9.31 Å². The van der Waals surface area contributed by atoms with Crippen LogP contribution in [0.1, 0.15) is 0 Å². The van der Waals surface area contributed by atoms with Crippen molar-refractivity contribution in [3.8, 4) is 11.5 Å². The van der Waals surface area contributed by atoms with Gasteiger partial charge in [-0.05, 0) is 23.1 Å². The number of allylic oxidation sites excluding steroid dienone is 4. The molecule has 4 heteroatoms. The van der Waals surface area contributed by atoms with E-state index < -0.39 is 8.07 Å². The summed E-state index contributed by atoms with van der Waals surface area (Å²) < 4.78 is 11.8. The molecule has 1 aromatic carbocycles. The van der Waals surface area contributed by atoms with E-state index in [4.69, 9.17) is 9.31 Å². The molecule has 0 saturated carbocycles. The zero-order valence-corrected chi connectivity index (χ0v) is 12.0. The molecule has 1 heterocycles. The lowest BCUT2D eigenvalue weighted by molar-refractivity contribution is 0.510. The average Bonchev–Trinajstić information content (AvgIpc) is 2.94. The van der Waals surface area contributed by atoms with Crippen molar-refractivity contribution >= 4 is 15.2 Å². The number of rotatable bonds is 2. The maximum Gasteiger partial charge on any atom is 0.628 e. The molecule has 0 N–H and O–H groups in total. The third-order valence-electron chi connectivity index (χ3n) is 3.47. The van der Waals surface area contributed by atoms with Crippen LogP contribution in [0.2, 0.25) is 25.2 Å². The molecular formula is C14H17BO2Si. The molecule has 0 aromatic heterocycles. The van der Waals surface area contributed by atoms with Gasteiger partial charge in [-0.2, -0.15) is 0 Å². The Morgan fingerprint density at radius 3 is 2.22 bits per heavy atom. The summed E-state index contributed by atoms with van der Waals surface area (Å²) in [5, 5.41) is 0. The number of fused-ring (bicyclic) bond motifs is 1. The Balaban J connectivity index is 1.83. The fourth-order valence-corrected chi connectivity index (χ4v) is 4.46. The van der Waals surface area contributed by atoms with Crippen molar-refractivity contribution < 1.29 is 9.31 Å². The van der Waals surface area contributed by atoms with Crippen molar-refractivity contribution in [2.24, 2.45) is 0 Å². The van der Waals surface area contributed by atoms with Gasteiger partial charge in [0.15, 0.2) is 0 Å². The molecule has 18 heavy (non-hydrogen) atoms. The molecule has 2 aliphatic rings. The first-order valence-electron chi connectivity index (χ1n) is 6.36. The number of benzene rings is 1. The van der Waals surface area contributed by atoms with E-state index >= 15 is 0 Å². The largest absolute Gasteiger partial charge is 0.628 e. The molecule has 0 saturated heterocycles. The van der Waals surface area contributed by atoms with Crippen molar-refractivity contribution in [3.63, 3.8) is 0 Å². The molecule has 1 unspecified atom stereocenters. The van der Waals surface area contributed by atoms with Gasteiger partial charge in [0.2, 0.25) is 0 Å². The van der Waals surface area contributed by atoms with Crippen molar-refractivity contribution in [1.82, 2.24) is 0 Å². The minimum Gasteiger partial charge on any atom is -0.519 e. The van der Waals surface area contributed by atoms with Crippen LogP contribution in [0.3, 0.4) is 0 Å². The van der Waals surface area contributed by atoms with Gasteiger partial charge in [0, 0.05) is 0 Å². The zero-order chi connectivity index (χ0) is 12.8. The SMILES string of the molecule is C[Si](C)(C)C1C=CC=C1B1Oc2ccccc2O1. The van der Waals surface area contributed by atoms with Crippen LogP contribution in [0.15, 0.2) is 48.0 Å². The first kappa shape index (κ1) is 11.7. The molecule has 1 atom stereocenters. The smallest absolute Gasteiger partial charge is 0.519 e. The molecule has 0 bridgehead atoms. The van der Waals surface area contributed by atoms with E-state index in [0.717, 1.165) is 11.5 Å². The summed E-state index contributed by atoms with van der Waals surface area (Å²) in [6, 6.07) is 7.87. The van der Waals surface area contributed by atoms with Crippen molar-refractivity contribution in [2.75, 3.05) is 0 Å². The lowest BCUT2D eigenvalue weighted by atomic mass is 9.77. The summed E-state index contributed by atoms with van der Waals surface area (Å²) >= 11 is 0. The van der Waals surface area contributed by atoms with Gasteiger partial charge in [-0.3, -0.25) is 0 Å². The van der Waals surface area contributed by atoms with Crippen LogP contribution in [0.5, 0.6) is 11.5 Å².